The van der Waals surface area contributed by atoms with Gasteiger partial charge >= 0.3 is 0 Å². The molecular formula is C14H16N2O3. The summed E-state index contributed by atoms with van der Waals surface area (Å²) < 4.78 is 4.90. The molecule has 0 aliphatic rings. The Labute approximate surface area is 112 Å². The third-order valence-corrected chi connectivity index (χ3v) is 2.36. The topological polar surface area (TPSA) is 82.3 Å². The number of nitriles is 1. The molecule has 1 aromatic rings. The summed E-state index contributed by atoms with van der Waals surface area (Å²) in [5.41, 5.74) is 0.678. The second kappa shape index (κ2) is 7.19. The summed E-state index contributed by atoms with van der Waals surface area (Å²) in [6.07, 6.45) is 1.47. The van der Waals surface area contributed by atoms with E-state index in [1.54, 1.807) is 26.2 Å². The molecule has 1 aromatic carbocycles. The van der Waals surface area contributed by atoms with E-state index in [1.807, 2.05) is 6.07 Å². The predicted molar refractivity (Wildman–Crippen MR) is 71.2 cm³/mol. The van der Waals surface area contributed by atoms with Crippen LogP contribution in [0.15, 0.2) is 29.8 Å². The Morgan fingerprint density at radius 2 is 2.16 bits per heavy atom. The van der Waals surface area contributed by atoms with E-state index in [-0.39, 0.29) is 17.4 Å². The first-order chi connectivity index (χ1) is 9.06. The highest BCUT2D eigenvalue weighted by Crippen LogP contribution is 2.12. The minimum Gasteiger partial charge on any atom is -0.508 e. The second-order valence-electron chi connectivity index (χ2n) is 4.09. The molecule has 2 N–H and O–H groups in total. The Morgan fingerprint density at radius 3 is 2.68 bits per heavy atom. The number of ether oxygens (including phenoxy) is 1. The van der Waals surface area contributed by atoms with Gasteiger partial charge in [-0.15, -0.1) is 0 Å². The van der Waals surface area contributed by atoms with Crippen molar-refractivity contribution in [3.05, 3.63) is 35.4 Å². The number of rotatable bonds is 5. The Hall–Kier alpha value is -2.32. The van der Waals surface area contributed by atoms with Crippen molar-refractivity contribution < 1.29 is 14.6 Å². The number of hydrogen-bond donors (Lipinski definition) is 2. The van der Waals surface area contributed by atoms with Gasteiger partial charge in [0.05, 0.1) is 6.61 Å². The quantitative estimate of drug-likeness (QED) is 0.620. The minimum atomic E-state index is -0.444. The van der Waals surface area contributed by atoms with Crippen LogP contribution in [0.5, 0.6) is 5.75 Å². The van der Waals surface area contributed by atoms with E-state index in [0.717, 1.165) is 0 Å². The summed E-state index contributed by atoms with van der Waals surface area (Å²) in [4.78, 5) is 11.8. The lowest BCUT2D eigenvalue weighted by molar-refractivity contribution is -0.117. The summed E-state index contributed by atoms with van der Waals surface area (Å²) in [5.74, 6) is -0.311. The molecule has 0 aliphatic heterocycles. The van der Waals surface area contributed by atoms with Gasteiger partial charge in [-0.3, -0.25) is 4.79 Å². The predicted octanol–water partition coefficient (Wildman–Crippen LogP) is 1.45. The van der Waals surface area contributed by atoms with Crippen molar-refractivity contribution in [3.8, 4) is 11.8 Å². The first-order valence-electron chi connectivity index (χ1n) is 5.77. The normalized spacial score (nSPS) is 12.6. The van der Waals surface area contributed by atoms with Crippen molar-refractivity contribution in [1.29, 1.82) is 5.26 Å². The summed E-state index contributed by atoms with van der Waals surface area (Å²) in [5, 5.41) is 20.8. The number of phenolic OH excluding ortho intramolecular Hbond substituents is 1. The van der Waals surface area contributed by atoms with Crippen LogP contribution >= 0.6 is 0 Å². The maximum absolute atomic E-state index is 11.8. The number of amides is 1. The Morgan fingerprint density at radius 1 is 1.53 bits per heavy atom. The van der Waals surface area contributed by atoms with Gasteiger partial charge in [0, 0.05) is 13.2 Å². The van der Waals surface area contributed by atoms with Gasteiger partial charge in [-0.1, -0.05) is 12.1 Å². The van der Waals surface area contributed by atoms with Crippen LogP contribution in [0.4, 0.5) is 0 Å². The highest BCUT2D eigenvalue weighted by molar-refractivity contribution is 6.01. The largest absolute Gasteiger partial charge is 0.508 e. The van der Waals surface area contributed by atoms with Crippen LogP contribution in [0.25, 0.3) is 6.08 Å². The lowest BCUT2D eigenvalue weighted by Gasteiger charge is -2.11. The minimum absolute atomic E-state index is 0.00800. The van der Waals surface area contributed by atoms with E-state index < -0.39 is 5.91 Å². The number of aromatic hydroxyl groups is 1. The zero-order valence-corrected chi connectivity index (χ0v) is 10.9. The number of benzene rings is 1. The van der Waals surface area contributed by atoms with Crippen molar-refractivity contribution in [1.82, 2.24) is 5.32 Å². The van der Waals surface area contributed by atoms with Crippen LogP contribution in [0.1, 0.15) is 12.5 Å². The molecule has 0 saturated carbocycles. The van der Waals surface area contributed by atoms with Gasteiger partial charge in [-0.25, -0.2) is 0 Å². The lowest BCUT2D eigenvalue weighted by Crippen LogP contribution is -2.36. The number of phenols is 1. The smallest absolute Gasteiger partial charge is 0.262 e. The van der Waals surface area contributed by atoms with Gasteiger partial charge in [0.25, 0.3) is 5.91 Å². The fourth-order valence-corrected chi connectivity index (χ4v) is 1.48. The van der Waals surface area contributed by atoms with Gasteiger partial charge in [0.1, 0.15) is 17.4 Å². The highest BCUT2D eigenvalue weighted by Gasteiger charge is 2.12. The molecule has 0 aliphatic carbocycles. The van der Waals surface area contributed by atoms with Crippen molar-refractivity contribution in [2.75, 3.05) is 13.7 Å². The van der Waals surface area contributed by atoms with Gasteiger partial charge in [-0.2, -0.15) is 5.26 Å². The van der Waals surface area contributed by atoms with Crippen LogP contribution in [0.2, 0.25) is 0 Å². The first-order valence-corrected chi connectivity index (χ1v) is 5.77. The molecule has 5 nitrogen and oxygen atoms in total. The van der Waals surface area contributed by atoms with Gasteiger partial charge in [0.2, 0.25) is 0 Å². The number of hydrogen-bond acceptors (Lipinski definition) is 4. The average Bonchev–Trinajstić information content (AvgIpc) is 2.38. The Kier molecular flexibility index (Phi) is 5.58. The highest BCUT2D eigenvalue weighted by atomic mass is 16.5. The van der Waals surface area contributed by atoms with E-state index >= 15 is 0 Å². The third kappa shape index (κ3) is 4.82. The van der Waals surface area contributed by atoms with Crippen LogP contribution < -0.4 is 5.32 Å². The van der Waals surface area contributed by atoms with Crippen molar-refractivity contribution in [2.24, 2.45) is 0 Å². The molecule has 0 aromatic heterocycles. The summed E-state index contributed by atoms with van der Waals surface area (Å²) >= 11 is 0. The molecule has 0 fully saturated rings. The summed E-state index contributed by atoms with van der Waals surface area (Å²) in [6, 6.07) is 7.92. The molecule has 0 spiro atoms. The van der Waals surface area contributed by atoms with E-state index in [2.05, 4.69) is 5.32 Å². The molecule has 1 amide bonds. The molecule has 1 unspecified atom stereocenters. The number of nitrogens with one attached hydrogen (secondary N) is 1. The molecule has 1 atom stereocenters. The summed E-state index contributed by atoms with van der Waals surface area (Å²) in [7, 11) is 1.54. The van der Waals surface area contributed by atoms with Gasteiger partial charge < -0.3 is 15.2 Å². The third-order valence-electron chi connectivity index (χ3n) is 2.36. The number of carbonyl (C=O) groups excluding carboxylic acids is 1. The molecule has 0 saturated heterocycles. The fraction of sp³-hybridized carbons (Fsp3) is 0.286. The SMILES string of the molecule is COCC(C)NC(=O)/C(C#N)=C/c1ccc(O)cc1. The number of carbonyl (C=O) groups is 1. The molecular weight excluding hydrogens is 244 g/mol. The first kappa shape index (κ1) is 14.7. The van der Waals surface area contributed by atoms with Crippen LogP contribution in [-0.4, -0.2) is 30.8 Å². The van der Waals surface area contributed by atoms with Gasteiger partial charge in [-0.05, 0) is 30.7 Å². The van der Waals surface area contributed by atoms with Crippen LogP contribution in [-0.2, 0) is 9.53 Å². The average molecular weight is 260 g/mol. The maximum atomic E-state index is 11.8. The van der Waals surface area contributed by atoms with Crippen molar-refractivity contribution >= 4 is 12.0 Å². The second-order valence-corrected chi connectivity index (χ2v) is 4.09. The van der Waals surface area contributed by atoms with Crippen molar-refractivity contribution in [2.45, 2.75) is 13.0 Å². The molecule has 100 valence electrons. The fourth-order valence-electron chi connectivity index (χ4n) is 1.48. The van der Waals surface area contributed by atoms with Crippen LogP contribution in [0, 0.1) is 11.3 Å². The standard InChI is InChI=1S/C14H16N2O3/c1-10(9-19-2)16-14(18)12(8-15)7-11-3-5-13(17)6-4-11/h3-7,10,17H,9H2,1-2H3,(H,16,18)/b12-7+. The Bertz CT molecular complexity index is 500. The maximum Gasteiger partial charge on any atom is 0.262 e. The molecule has 0 bridgehead atoms. The molecule has 0 radical (unpaired) electrons. The summed E-state index contributed by atoms with van der Waals surface area (Å²) in [6.45, 7) is 2.17. The van der Waals surface area contributed by atoms with Crippen molar-refractivity contribution in [3.63, 3.8) is 0 Å². The molecule has 5 heteroatoms. The van der Waals surface area contributed by atoms with Gasteiger partial charge in [0.15, 0.2) is 0 Å². The van der Waals surface area contributed by atoms with E-state index in [4.69, 9.17) is 15.1 Å². The molecule has 0 heterocycles. The monoisotopic (exact) mass is 260 g/mol. The number of methoxy groups -OCH3 is 1. The van der Waals surface area contributed by atoms with E-state index in [9.17, 15) is 4.79 Å². The molecule has 19 heavy (non-hydrogen) atoms. The van der Waals surface area contributed by atoms with E-state index in [0.29, 0.717) is 12.2 Å². The number of nitrogens with zero attached hydrogens (tertiary/aromatic N) is 1. The Balaban J connectivity index is 2.80. The zero-order valence-electron chi connectivity index (χ0n) is 10.9. The van der Waals surface area contributed by atoms with E-state index in [1.165, 1.54) is 18.2 Å². The lowest BCUT2D eigenvalue weighted by atomic mass is 10.1. The molecule has 1 rings (SSSR count). The van der Waals surface area contributed by atoms with Crippen LogP contribution in [0.3, 0.4) is 0 Å². The zero-order chi connectivity index (χ0) is 14.3.